The molecule has 0 fully saturated rings. The molecule has 2 amide bonds. The molecule has 2 N–H and O–H groups in total. The van der Waals surface area contributed by atoms with Crippen LogP contribution in [0.2, 0.25) is 0 Å². The van der Waals surface area contributed by atoms with Crippen molar-refractivity contribution in [2.75, 3.05) is 19.7 Å². The average molecular weight is 325 g/mol. The smallest absolute Gasteiger partial charge is 0.344 e. The molecule has 0 aliphatic heterocycles. The van der Waals surface area contributed by atoms with Crippen molar-refractivity contribution < 1.29 is 23.6 Å². The number of ether oxygens (including phenoxy) is 1. The van der Waals surface area contributed by atoms with Crippen molar-refractivity contribution in [3.05, 3.63) is 17.0 Å². The van der Waals surface area contributed by atoms with Crippen LogP contribution in [0, 0.1) is 6.92 Å². The van der Waals surface area contributed by atoms with Crippen LogP contribution in [-0.4, -0.2) is 42.6 Å². The fourth-order valence-electron chi connectivity index (χ4n) is 1.79. The van der Waals surface area contributed by atoms with Gasteiger partial charge in [0.2, 0.25) is 5.91 Å². The summed E-state index contributed by atoms with van der Waals surface area (Å²) >= 11 is 0. The molecule has 8 nitrogen and oxygen atoms in total. The Kier molecular flexibility index (Phi) is 7.24. The van der Waals surface area contributed by atoms with E-state index in [0.29, 0.717) is 18.0 Å². The molecule has 0 spiro atoms. The number of aromatic nitrogens is 1. The second-order valence-corrected chi connectivity index (χ2v) is 5.36. The maximum absolute atomic E-state index is 12.1. The highest BCUT2D eigenvalue weighted by atomic mass is 16.5. The standard InChI is InChI=1S/C15H23N3O5/c1-5-6-16-11(19)7-17-12(20)8-22-15(21)13-10(4)18-23-14(13)9(2)3/h9H,5-8H2,1-4H3,(H,16,19)(H,17,20). The van der Waals surface area contributed by atoms with Crippen LogP contribution in [0.1, 0.15) is 54.9 Å². The molecule has 8 heteroatoms. The number of carbonyl (C=O) groups excluding carboxylic acids is 3. The molecule has 23 heavy (non-hydrogen) atoms. The van der Waals surface area contributed by atoms with Crippen LogP contribution in [0.15, 0.2) is 4.52 Å². The minimum Gasteiger partial charge on any atom is -0.452 e. The van der Waals surface area contributed by atoms with Gasteiger partial charge < -0.3 is 19.9 Å². The maximum Gasteiger partial charge on any atom is 0.344 e. The molecule has 0 aliphatic rings. The zero-order valence-corrected chi connectivity index (χ0v) is 13.9. The van der Waals surface area contributed by atoms with Gasteiger partial charge in [0.05, 0.1) is 12.2 Å². The van der Waals surface area contributed by atoms with Crippen molar-refractivity contribution in [2.24, 2.45) is 0 Å². The van der Waals surface area contributed by atoms with Crippen molar-refractivity contribution in [1.29, 1.82) is 0 Å². The Labute approximate surface area is 134 Å². The van der Waals surface area contributed by atoms with Gasteiger partial charge in [0, 0.05) is 12.5 Å². The largest absolute Gasteiger partial charge is 0.452 e. The summed E-state index contributed by atoms with van der Waals surface area (Å²) < 4.78 is 10.0. The number of esters is 1. The Morgan fingerprint density at radius 2 is 1.91 bits per heavy atom. The second-order valence-electron chi connectivity index (χ2n) is 5.36. The monoisotopic (exact) mass is 325 g/mol. The van der Waals surface area contributed by atoms with E-state index in [9.17, 15) is 14.4 Å². The van der Waals surface area contributed by atoms with E-state index >= 15 is 0 Å². The van der Waals surface area contributed by atoms with Gasteiger partial charge in [-0.1, -0.05) is 25.9 Å². The Balaban J connectivity index is 2.46. The predicted octanol–water partition coefficient (Wildman–Crippen LogP) is 0.906. The zero-order valence-electron chi connectivity index (χ0n) is 13.9. The number of amides is 2. The summed E-state index contributed by atoms with van der Waals surface area (Å²) in [6.45, 7) is 7.20. The van der Waals surface area contributed by atoms with E-state index in [0.717, 1.165) is 6.42 Å². The second kappa shape index (κ2) is 8.92. The molecular formula is C15H23N3O5. The summed E-state index contributed by atoms with van der Waals surface area (Å²) in [5.74, 6) is -1.12. The Bertz CT molecular complexity index is 565. The van der Waals surface area contributed by atoms with E-state index in [4.69, 9.17) is 9.26 Å². The third-order valence-corrected chi connectivity index (χ3v) is 2.97. The first kappa shape index (κ1) is 18.7. The zero-order chi connectivity index (χ0) is 17.4. The molecule has 1 rings (SSSR count). The van der Waals surface area contributed by atoms with Crippen LogP contribution in [0.3, 0.4) is 0 Å². The van der Waals surface area contributed by atoms with Gasteiger partial charge in [0.1, 0.15) is 5.56 Å². The molecule has 128 valence electrons. The van der Waals surface area contributed by atoms with E-state index in [1.807, 2.05) is 20.8 Å². The summed E-state index contributed by atoms with van der Waals surface area (Å²) in [6.07, 6.45) is 0.813. The highest BCUT2D eigenvalue weighted by molar-refractivity contribution is 5.93. The van der Waals surface area contributed by atoms with E-state index < -0.39 is 18.5 Å². The van der Waals surface area contributed by atoms with Gasteiger partial charge in [-0.2, -0.15) is 0 Å². The maximum atomic E-state index is 12.1. The van der Waals surface area contributed by atoms with Crippen LogP contribution < -0.4 is 10.6 Å². The lowest BCUT2D eigenvalue weighted by atomic mass is 10.1. The number of rotatable bonds is 8. The summed E-state index contributed by atoms with van der Waals surface area (Å²) in [4.78, 5) is 35.0. The van der Waals surface area contributed by atoms with Crippen LogP contribution >= 0.6 is 0 Å². The lowest BCUT2D eigenvalue weighted by Gasteiger charge is -2.08. The molecule has 1 aromatic rings. The van der Waals surface area contributed by atoms with Crippen molar-refractivity contribution in [1.82, 2.24) is 15.8 Å². The highest BCUT2D eigenvalue weighted by Gasteiger charge is 2.24. The molecular weight excluding hydrogens is 302 g/mol. The minimum atomic E-state index is -0.668. The number of carbonyl (C=O) groups is 3. The van der Waals surface area contributed by atoms with Crippen LogP contribution in [0.4, 0.5) is 0 Å². The predicted molar refractivity (Wildman–Crippen MR) is 81.9 cm³/mol. The van der Waals surface area contributed by atoms with Gasteiger partial charge in [-0.3, -0.25) is 9.59 Å². The van der Waals surface area contributed by atoms with Crippen molar-refractivity contribution in [2.45, 2.75) is 40.0 Å². The molecule has 0 aliphatic carbocycles. The number of nitrogens with zero attached hydrogens (tertiary/aromatic N) is 1. The number of hydrogen-bond acceptors (Lipinski definition) is 6. The summed E-state index contributed by atoms with van der Waals surface area (Å²) in [5.41, 5.74) is 0.659. The molecule has 0 aromatic carbocycles. The highest BCUT2D eigenvalue weighted by Crippen LogP contribution is 2.22. The Hall–Kier alpha value is -2.38. The van der Waals surface area contributed by atoms with Gasteiger partial charge in [0.25, 0.3) is 5.91 Å². The lowest BCUT2D eigenvalue weighted by Crippen LogP contribution is -2.39. The fourth-order valence-corrected chi connectivity index (χ4v) is 1.79. The molecule has 0 saturated carbocycles. The van der Waals surface area contributed by atoms with Crippen molar-refractivity contribution in [3.8, 4) is 0 Å². The van der Waals surface area contributed by atoms with E-state index in [-0.39, 0.29) is 23.9 Å². The van der Waals surface area contributed by atoms with Gasteiger partial charge in [-0.25, -0.2) is 4.79 Å². The third kappa shape index (κ3) is 5.72. The summed E-state index contributed by atoms with van der Waals surface area (Å²) in [7, 11) is 0. The number of nitrogens with one attached hydrogen (secondary N) is 2. The van der Waals surface area contributed by atoms with Crippen molar-refractivity contribution in [3.63, 3.8) is 0 Å². The lowest BCUT2D eigenvalue weighted by molar-refractivity contribution is -0.127. The first-order chi connectivity index (χ1) is 10.9. The van der Waals surface area contributed by atoms with Crippen LogP contribution in [-0.2, 0) is 14.3 Å². The van der Waals surface area contributed by atoms with Gasteiger partial charge in [-0.05, 0) is 13.3 Å². The minimum absolute atomic E-state index is 0.0326. The number of aryl methyl sites for hydroxylation is 1. The van der Waals surface area contributed by atoms with Crippen LogP contribution in [0.25, 0.3) is 0 Å². The molecule has 0 unspecified atom stereocenters. The van der Waals surface area contributed by atoms with Gasteiger partial charge in [0.15, 0.2) is 12.4 Å². The quantitative estimate of drug-likeness (QED) is 0.687. The normalized spacial score (nSPS) is 10.5. The third-order valence-electron chi connectivity index (χ3n) is 2.97. The molecule has 0 bridgehead atoms. The molecule has 1 heterocycles. The van der Waals surface area contributed by atoms with E-state index in [1.165, 1.54) is 0 Å². The van der Waals surface area contributed by atoms with Crippen LogP contribution in [0.5, 0.6) is 0 Å². The van der Waals surface area contributed by atoms with E-state index in [1.54, 1.807) is 6.92 Å². The van der Waals surface area contributed by atoms with Gasteiger partial charge >= 0.3 is 5.97 Å². The first-order valence-electron chi connectivity index (χ1n) is 7.53. The molecule has 0 saturated heterocycles. The summed E-state index contributed by atoms with van der Waals surface area (Å²) in [6, 6.07) is 0. The Morgan fingerprint density at radius 3 is 2.52 bits per heavy atom. The summed E-state index contributed by atoms with van der Waals surface area (Å²) in [5, 5.41) is 8.74. The number of hydrogen-bond donors (Lipinski definition) is 2. The SMILES string of the molecule is CCCNC(=O)CNC(=O)COC(=O)c1c(C)noc1C(C)C. The topological polar surface area (TPSA) is 111 Å². The Morgan fingerprint density at radius 1 is 1.22 bits per heavy atom. The van der Waals surface area contributed by atoms with Gasteiger partial charge in [-0.15, -0.1) is 0 Å². The molecule has 0 atom stereocenters. The molecule has 1 aromatic heterocycles. The van der Waals surface area contributed by atoms with Crippen molar-refractivity contribution >= 4 is 17.8 Å². The van der Waals surface area contributed by atoms with E-state index in [2.05, 4.69) is 15.8 Å². The molecule has 0 radical (unpaired) electrons. The fraction of sp³-hybridized carbons (Fsp3) is 0.600. The average Bonchev–Trinajstić information content (AvgIpc) is 2.90. The first-order valence-corrected chi connectivity index (χ1v) is 7.53.